The van der Waals surface area contributed by atoms with Gasteiger partial charge in [0.05, 0.1) is 26.1 Å². The van der Waals surface area contributed by atoms with Gasteiger partial charge in [-0.3, -0.25) is 4.79 Å². The average molecular weight is 372 g/mol. The summed E-state index contributed by atoms with van der Waals surface area (Å²) in [5, 5.41) is 6.17. The summed E-state index contributed by atoms with van der Waals surface area (Å²) in [4.78, 5) is 18.7. The molecule has 27 heavy (non-hydrogen) atoms. The summed E-state index contributed by atoms with van der Waals surface area (Å²) in [5.41, 5.74) is 2.21. The molecule has 1 heterocycles. The zero-order valence-corrected chi connectivity index (χ0v) is 16.4. The number of rotatable bonds is 10. The number of methoxy groups -OCH3 is 2. The summed E-state index contributed by atoms with van der Waals surface area (Å²) in [6.07, 6.45) is 2.72. The minimum Gasteiger partial charge on any atom is -0.493 e. The predicted molar refractivity (Wildman–Crippen MR) is 107 cm³/mol. The van der Waals surface area contributed by atoms with Crippen molar-refractivity contribution in [3.8, 4) is 11.5 Å². The van der Waals surface area contributed by atoms with E-state index < -0.39 is 0 Å². The molecule has 0 spiro atoms. The number of carbonyl (C=O) groups excluding carboxylic acids is 1. The molecule has 0 aliphatic heterocycles. The molecule has 1 aromatic carbocycles. The lowest BCUT2D eigenvalue weighted by molar-refractivity contribution is 0.0946. The van der Waals surface area contributed by atoms with Gasteiger partial charge in [0.15, 0.2) is 11.5 Å². The summed E-state index contributed by atoms with van der Waals surface area (Å²) >= 11 is 0. The highest BCUT2D eigenvalue weighted by atomic mass is 16.5. The molecular weight excluding hydrogens is 344 g/mol. The summed E-state index contributed by atoms with van der Waals surface area (Å²) in [6, 6.07) is 9.13. The van der Waals surface area contributed by atoms with Gasteiger partial charge < -0.3 is 25.0 Å². The van der Waals surface area contributed by atoms with Gasteiger partial charge in [0.1, 0.15) is 5.69 Å². The fraction of sp³-hybridized carbons (Fsp3) is 0.400. The van der Waals surface area contributed by atoms with Crippen LogP contribution in [0.1, 0.15) is 22.5 Å². The van der Waals surface area contributed by atoms with E-state index in [9.17, 15) is 4.79 Å². The van der Waals surface area contributed by atoms with Crippen molar-refractivity contribution < 1.29 is 14.3 Å². The maximum atomic E-state index is 12.3. The number of ether oxygens (including phenoxy) is 2. The van der Waals surface area contributed by atoms with E-state index in [-0.39, 0.29) is 5.91 Å². The highest BCUT2D eigenvalue weighted by Gasteiger charge is 2.09. The minimum absolute atomic E-state index is 0.219. The van der Waals surface area contributed by atoms with Crippen molar-refractivity contribution in [2.45, 2.75) is 13.0 Å². The van der Waals surface area contributed by atoms with Crippen LogP contribution in [0.2, 0.25) is 0 Å². The SMILES string of the molecule is COc1ccc(CNC(=O)c2ccc(NCCCN(C)C)cn2)cc1OC. The Bertz CT molecular complexity index is 733. The van der Waals surface area contributed by atoms with Gasteiger partial charge in [0.2, 0.25) is 0 Å². The van der Waals surface area contributed by atoms with Crippen LogP contribution in [0.3, 0.4) is 0 Å². The van der Waals surface area contributed by atoms with Crippen LogP contribution in [-0.2, 0) is 6.54 Å². The molecule has 0 fully saturated rings. The van der Waals surface area contributed by atoms with Gasteiger partial charge in [0.25, 0.3) is 5.91 Å². The first-order valence-electron chi connectivity index (χ1n) is 8.87. The first-order valence-corrected chi connectivity index (χ1v) is 8.87. The molecule has 0 saturated heterocycles. The van der Waals surface area contributed by atoms with Crippen LogP contribution in [0.25, 0.3) is 0 Å². The summed E-state index contributed by atoms with van der Waals surface area (Å²) in [7, 11) is 7.28. The molecule has 2 rings (SSSR count). The molecule has 7 heteroatoms. The monoisotopic (exact) mass is 372 g/mol. The Kier molecular flexibility index (Phi) is 7.88. The number of anilines is 1. The molecule has 0 saturated carbocycles. The van der Waals surface area contributed by atoms with Gasteiger partial charge in [-0.1, -0.05) is 6.07 Å². The largest absolute Gasteiger partial charge is 0.493 e. The maximum Gasteiger partial charge on any atom is 0.270 e. The van der Waals surface area contributed by atoms with E-state index in [4.69, 9.17) is 9.47 Å². The van der Waals surface area contributed by atoms with Crippen LogP contribution < -0.4 is 20.1 Å². The molecule has 0 radical (unpaired) electrons. The van der Waals surface area contributed by atoms with E-state index in [0.29, 0.717) is 23.7 Å². The van der Waals surface area contributed by atoms with E-state index in [0.717, 1.165) is 30.8 Å². The number of amides is 1. The lowest BCUT2D eigenvalue weighted by Gasteiger charge is -2.11. The van der Waals surface area contributed by atoms with Gasteiger partial charge in [-0.15, -0.1) is 0 Å². The number of nitrogens with one attached hydrogen (secondary N) is 2. The second-order valence-electron chi connectivity index (χ2n) is 6.39. The van der Waals surface area contributed by atoms with Crippen molar-refractivity contribution in [1.82, 2.24) is 15.2 Å². The lowest BCUT2D eigenvalue weighted by Crippen LogP contribution is -2.23. The zero-order chi connectivity index (χ0) is 19.6. The number of benzene rings is 1. The smallest absolute Gasteiger partial charge is 0.270 e. The van der Waals surface area contributed by atoms with Crippen LogP contribution >= 0.6 is 0 Å². The van der Waals surface area contributed by atoms with E-state index in [2.05, 4.69) is 34.6 Å². The Morgan fingerprint density at radius 3 is 2.52 bits per heavy atom. The molecule has 0 aliphatic carbocycles. The third-order valence-electron chi connectivity index (χ3n) is 4.01. The Labute approximate surface area is 160 Å². The fourth-order valence-electron chi connectivity index (χ4n) is 2.52. The Morgan fingerprint density at radius 2 is 1.89 bits per heavy atom. The van der Waals surface area contributed by atoms with Gasteiger partial charge in [-0.05, 0) is 56.9 Å². The number of hydrogen-bond donors (Lipinski definition) is 2. The lowest BCUT2D eigenvalue weighted by atomic mass is 10.2. The molecule has 0 unspecified atom stereocenters. The van der Waals surface area contributed by atoms with Crippen LogP contribution in [0.4, 0.5) is 5.69 Å². The number of aromatic nitrogens is 1. The Morgan fingerprint density at radius 1 is 1.11 bits per heavy atom. The highest BCUT2D eigenvalue weighted by Crippen LogP contribution is 2.27. The summed E-state index contributed by atoms with van der Waals surface area (Å²) in [5.74, 6) is 1.07. The quantitative estimate of drug-likeness (QED) is 0.624. The van der Waals surface area contributed by atoms with Gasteiger partial charge in [0, 0.05) is 13.1 Å². The molecule has 0 aliphatic rings. The Hall–Kier alpha value is -2.80. The third-order valence-corrected chi connectivity index (χ3v) is 4.01. The van der Waals surface area contributed by atoms with Crippen LogP contribution in [0.5, 0.6) is 11.5 Å². The van der Waals surface area contributed by atoms with Crippen molar-refractivity contribution in [2.24, 2.45) is 0 Å². The third kappa shape index (κ3) is 6.45. The summed E-state index contributed by atoms with van der Waals surface area (Å²) in [6.45, 7) is 2.27. The molecule has 2 N–H and O–H groups in total. The molecule has 7 nitrogen and oxygen atoms in total. The first-order chi connectivity index (χ1) is 13.0. The van der Waals surface area contributed by atoms with Gasteiger partial charge in [-0.2, -0.15) is 0 Å². The fourth-order valence-corrected chi connectivity index (χ4v) is 2.52. The molecule has 1 aromatic heterocycles. The zero-order valence-electron chi connectivity index (χ0n) is 16.4. The van der Waals surface area contributed by atoms with E-state index >= 15 is 0 Å². The topological polar surface area (TPSA) is 75.7 Å². The standard InChI is InChI=1S/C20H28N4O3/c1-24(2)11-5-10-21-16-7-8-17(22-14-16)20(25)23-13-15-6-9-18(26-3)19(12-15)27-4/h6-9,12,14,21H,5,10-11,13H2,1-4H3,(H,23,25). The van der Waals surface area contributed by atoms with E-state index in [1.165, 1.54) is 0 Å². The second kappa shape index (κ2) is 10.4. The number of carbonyl (C=O) groups is 1. The molecule has 146 valence electrons. The predicted octanol–water partition coefficient (Wildman–Crippen LogP) is 2.39. The van der Waals surface area contributed by atoms with E-state index in [1.54, 1.807) is 26.5 Å². The number of hydrogen-bond acceptors (Lipinski definition) is 6. The average Bonchev–Trinajstić information content (AvgIpc) is 2.69. The molecule has 0 bridgehead atoms. The van der Waals surface area contributed by atoms with Gasteiger partial charge in [-0.25, -0.2) is 4.98 Å². The molecule has 0 atom stereocenters. The van der Waals surface area contributed by atoms with E-state index in [1.807, 2.05) is 24.3 Å². The molecular formula is C20H28N4O3. The van der Waals surface area contributed by atoms with Crippen molar-refractivity contribution >= 4 is 11.6 Å². The Balaban J connectivity index is 1.85. The van der Waals surface area contributed by atoms with Crippen molar-refractivity contribution in [3.05, 3.63) is 47.8 Å². The number of nitrogens with zero attached hydrogens (tertiary/aromatic N) is 2. The highest BCUT2D eigenvalue weighted by molar-refractivity contribution is 5.92. The van der Waals surface area contributed by atoms with Crippen LogP contribution in [0, 0.1) is 0 Å². The number of pyridine rings is 1. The first kappa shape index (κ1) is 20.5. The second-order valence-corrected chi connectivity index (χ2v) is 6.39. The van der Waals surface area contributed by atoms with Gasteiger partial charge >= 0.3 is 0 Å². The molecule has 1 amide bonds. The molecule has 2 aromatic rings. The maximum absolute atomic E-state index is 12.3. The minimum atomic E-state index is -0.219. The normalized spacial score (nSPS) is 10.6. The van der Waals surface area contributed by atoms with Crippen molar-refractivity contribution in [3.63, 3.8) is 0 Å². The van der Waals surface area contributed by atoms with Crippen molar-refractivity contribution in [2.75, 3.05) is 46.7 Å². The summed E-state index contributed by atoms with van der Waals surface area (Å²) < 4.78 is 10.5. The van der Waals surface area contributed by atoms with Crippen LogP contribution in [0.15, 0.2) is 36.5 Å². The van der Waals surface area contributed by atoms with Crippen LogP contribution in [-0.4, -0.2) is 57.2 Å². The van der Waals surface area contributed by atoms with Crippen molar-refractivity contribution in [1.29, 1.82) is 0 Å².